The molecule has 0 radical (unpaired) electrons. The quantitative estimate of drug-likeness (QED) is 0.806. The molecule has 0 aliphatic heterocycles. The average Bonchev–Trinajstić information content (AvgIpc) is 3.02. The van der Waals surface area contributed by atoms with Gasteiger partial charge in [-0.25, -0.2) is 4.98 Å². The van der Waals surface area contributed by atoms with Gasteiger partial charge in [0.1, 0.15) is 0 Å². The Balaban J connectivity index is 1.72. The fraction of sp³-hybridized carbons (Fsp3) is 0.412. The number of methoxy groups -OCH3 is 1. The van der Waals surface area contributed by atoms with Crippen molar-refractivity contribution in [2.45, 2.75) is 26.2 Å². The highest BCUT2D eigenvalue weighted by Crippen LogP contribution is 2.25. The van der Waals surface area contributed by atoms with Gasteiger partial charge in [0.25, 0.3) is 5.91 Å². The Morgan fingerprint density at radius 1 is 1.30 bits per heavy atom. The second kappa shape index (κ2) is 8.53. The number of nitrogens with zero attached hydrogens (tertiary/aromatic N) is 1. The van der Waals surface area contributed by atoms with Crippen LogP contribution in [0, 0.1) is 0 Å². The molecule has 0 aliphatic rings. The second-order valence-electron chi connectivity index (χ2n) is 5.37. The highest BCUT2D eigenvalue weighted by atomic mass is 32.1. The Morgan fingerprint density at radius 2 is 2.04 bits per heavy atom. The highest BCUT2D eigenvalue weighted by molar-refractivity contribution is 7.09. The summed E-state index contributed by atoms with van der Waals surface area (Å²) in [7, 11) is 1.57. The lowest BCUT2D eigenvalue weighted by molar-refractivity contribution is -0.123. The molecule has 124 valence electrons. The van der Waals surface area contributed by atoms with E-state index >= 15 is 0 Å². The molecule has 1 aromatic carbocycles. The molecular weight excluding hydrogens is 312 g/mol. The van der Waals surface area contributed by atoms with Crippen molar-refractivity contribution < 1.29 is 14.3 Å². The molecule has 0 atom stereocenters. The molecule has 1 amide bonds. The summed E-state index contributed by atoms with van der Waals surface area (Å²) < 4.78 is 10.7. The van der Waals surface area contributed by atoms with Crippen molar-refractivity contribution >= 4 is 17.2 Å². The number of benzene rings is 1. The number of thiazole rings is 1. The molecule has 6 heteroatoms. The summed E-state index contributed by atoms with van der Waals surface area (Å²) in [5, 5.41) is 6.02. The van der Waals surface area contributed by atoms with Crippen molar-refractivity contribution in [1.82, 2.24) is 10.3 Å². The Bertz CT molecular complexity index is 640. The van der Waals surface area contributed by atoms with Crippen LogP contribution in [0.4, 0.5) is 0 Å². The number of rotatable bonds is 8. The van der Waals surface area contributed by atoms with Crippen LogP contribution in [0.2, 0.25) is 0 Å². The summed E-state index contributed by atoms with van der Waals surface area (Å²) in [4.78, 5) is 16.4. The van der Waals surface area contributed by atoms with E-state index in [-0.39, 0.29) is 12.5 Å². The predicted molar refractivity (Wildman–Crippen MR) is 91.4 cm³/mol. The Kier molecular flexibility index (Phi) is 6.40. The van der Waals surface area contributed by atoms with E-state index in [4.69, 9.17) is 9.47 Å². The van der Waals surface area contributed by atoms with Crippen LogP contribution in [0.25, 0.3) is 0 Å². The smallest absolute Gasteiger partial charge is 0.257 e. The van der Waals surface area contributed by atoms with Crippen LogP contribution in [-0.4, -0.2) is 31.2 Å². The zero-order chi connectivity index (χ0) is 16.7. The van der Waals surface area contributed by atoms with Crippen LogP contribution in [0.1, 0.15) is 30.5 Å². The van der Waals surface area contributed by atoms with Crippen molar-refractivity contribution in [3.8, 4) is 11.5 Å². The summed E-state index contributed by atoms with van der Waals surface area (Å²) in [5.74, 6) is 1.46. The van der Waals surface area contributed by atoms with Crippen LogP contribution in [0.3, 0.4) is 0 Å². The van der Waals surface area contributed by atoms with Crippen molar-refractivity contribution in [2.75, 3.05) is 20.3 Å². The molecule has 0 spiro atoms. The monoisotopic (exact) mass is 334 g/mol. The van der Waals surface area contributed by atoms with Gasteiger partial charge in [0.15, 0.2) is 18.1 Å². The summed E-state index contributed by atoms with van der Waals surface area (Å²) in [5.41, 5.74) is 1.02. The number of carbonyl (C=O) groups is 1. The molecule has 2 aromatic rings. The number of ether oxygens (including phenoxy) is 2. The Hall–Kier alpha value is -2.08. The summed E-state index contributed by atoms with van der Waals surface area (Å²) in [6.45, 7) is 4.77. The van der Waals surface area contributed by atoms with Gasteiger partial charge in [-0.3, -0.25) is 4.79 Å². The molecule has 0 unspecified atom stereocenters. The summed E-state index contributed by atoms with van der Waals surface area (Å²) >= 11 is 1.67. The standard InChI is InChI=1S/C17H22N2O3S/c1-12(2)17-19-13(11-23-17)8-9-18-16(20)10-22-15-7-5-4-6-14(15)21-3/h4-7,11-12H,8-10H2,1-3H3,(H,18,20). The molecular formula is C17H22N2O3S. The van der Waals surface area contributed by atoms with Gasteiger partial charge in [-0.15, -0.1) is 11.3 Å². The van der Waals surface area contributed by atoms with Gasteiger partial charge in [-0.1, -0.05) is 26.0 Å². The third-order valence-corrected chi connectivity index (χ3v) is 4.39. The van der Waals surface area contributed by atoms with Crippen molar-refractivity contribution in [1.29, 1.82) is 0 Å². The molecule has 23 heavy (non-hydrogen) atoms. The fourth-order valence-corrected chi connectivity index (χ4v) is 2.83. The number of para-hydroxylation sites is 2. The molecule has 1 heterocycles. The van der Waals surface area contributed by atoms with Gasteiger partial charge in [0, 0.05) is 24.3 Å². The van der Waals surface area contributed by atoms with Crippen LogP contribution >= 0.6 is 11.3 Å². The van der Waals surface area contributed by atoms with Crippen LogP contribution < -0.4 is 14.8 Å². The number of hydrogen-bond acceptors (Lipinski definition) is 5. The zero-order valence-electron chi connectivity index (χ0n) is 13.7. The van der Waals surface area contributed by atoms with E-state index in [9.17, 15) is 4.79 Å². The van der Waals surface area contributed by atoms with E-state index in [1.165, 1.54) is 0 Å². The van der Waals surface area contributed by atoms with E-state index in [1.54, 1.807) is 30.6 Å². The molecule has 0 saturated carbocycles. The SMILES string of the molecule is COc1ccccc1OCC(=O)NCCc1csc(C(C)C)n1. The van der Waals surface area contributed by atoms with Gasteiger partial charge in [-0.05, 0) is 12.1 Å². The minimum atomic E-state index is -0.157. The molecule has 1 aromatic heterocycles. The van der Waals surface area contributed by atoms with E-state index in [2.05, 4.69) is 24.1 Å². The van der Waals surface area contributed by atoms with E-state index in [1.807, 2.05) is 17.5 Å². The van der Waals surface area contributed by atoms with E-state index in [0.717, 1.165) is 17.1 Å². The molecule has 0 aliphatic carbocycles. The summed E-state index contributed by atoms with van der Waals surface area (Å²) in [6, 6.07) is 7.26. The van der Waals surface area contributed by atoms with Crippen molar-refractivity contribution in [3.63, 3.8) is 0 Å². The van der Waals surface area contributed by atoms with Crippen molar-refractivity contribution in [2.24, 2.45) is 0 Å². The Labute approximate surface area is 140 Å². The minimum Gasteiger partial charge on any atom is -0.493 e. The Morgan fingerprint density at radius 3 is 2.70 bits per heavy atom. The molecule has 1 N–H and O–H groups in total. The molecule has 5 nitrogen and oxygen atoms in total. The van der Waals surface area contributed by atoms with Gasteiger partial charge in [-0.2, -0.15) is 0 Å². The number of hydrogen-bond donors (Lipinski definition) is 1. The first-order valence-electron chi connectivity index (χ1n) is 7.57. The number of amides is 1. The molecule has 0 bridgehead atoms. The number of nitrogens with one attached hydrogen (secondary N) is 1. The second-order valence-corrected chi connectivity index (χ2v) is 6.26. The van der Waals surface area contributed by atoms with Gasteiger partial charge in [0.2, 0.25) is 0 Å². The maximum Gasteiger partial charge on any atom is 0.257 e. The molecule has 2 rings (SSSR count). The van der Waals surface area contributed by atoms with Crippen LogP contribution in [0.15, 0.2) is 29.6 Å². The van der Waals surface area contributed by atoms with Gasteiger partial charge >= 0.3 is 0 Å². The first-order valence-corrected chi connectivity index (χ1v) is 8.45. The largest absolute Gasteiger partial charge is 0.493 e. The average molecular weight is 334 g/mol. The maximum atomic E-state index is 11.8. The normalized spacial score (nSPS) is 10.6. The molecule has 0 fully saturated rings. The third kappa shape index (κ3) is 5.25. The van der Waals surface area contributed by atoms with E-state index < -0.39 is 0 Å². The predicted octanol–water partition coefficient (Wildman–Crippen LogP) is 3.01. The zero-order valence-corrected chi connectivity index (χ0v) is 14.5. The third-order valence-electron chi connectivity index (χ3n) is 3.19. The first-order chi connectivity index (χ1) is 11.1. The van der Waals surface area contributed by atoms with Crippen LogP contribution in [0.5, 0.6) is 11.5 Å². The van der Waals surface area contributed by atoms with Gasteiger partial charge < -0.3 is 14.8 Å². The van der Waals surface area contributed by atoms with Crippen LogP contribution in [-0.2, 0) is 11.2 Å². The number of aromatic nitrogens is 1. The maximum absolute atomic E-state index is 11.8. The lowest BCUT2D eigenvalue weighted by Crippen LogP contribution is -2.30. The topological polar surface area (TPSA) is 60.5 Å². The first kappa shape index (κ1) is 17.3. The lowest BCUT2D eigenvalue weighted by Gasteiger charge is -2.10. The number of carbonyl (C=O) groups excluding carboxylic acids is 1. The fourth-order valence-electron chi connectivity index (χ4n) is 1.97. The lowest BCUT2D eigenvalue weighted by atomic mass is 10.2. The highest BCUT2D eigenvalue weighted by Gasteiger charge is 2.08. The van der Waals surface area contributed by atoms with E-state index in [0.29, 0.717) is 24.0 Å². The van der Waals surface area contributed by atoms with Crippen molar-refractivity contribution in [3.05, 3.63) is 40.3 Å². The minimum absolute atomic E-state index is 0.0331. The summed E-state index contributed by atoms with van der Waals surface area (Å²) in [6.07, 6.45) is 0.726. The van der Waals surface area contributed by atoms with Gasteiger partial charge in [0.05, 0.1) is 17.8 Å². The molecule has 0 saturated heterocycles.